The van der Waals surface area contributed by atoms with Gasteiger partial charge in [0.25, 0.3) is 5.88 Å². The predicted octanol–water partition coefficient (Wildman–Crippen LogP) is 2.39. The Hall–Kier alpha value is -3.47. The van der Waals surface area contributed by atoms with Crippen molar-refractivity contribution < 1.29 is 14.3 Å². The van der Waals surface area contributed by atoms with Crippen LogP contribution in [0.1, 0.15) is 31.7 Å². The lowest BCUT2D eigenvalue weighted by Crippen LogP contribution is -2.50. The number of guanidine groups is 1. The van der Waals surface area contributed by atoms with Gasteiger partial charge in [0, 0.05) is 19.1 Å². The minimum absolute atomic E-state index is 0.0567. The summed E-state index contributed by atoms with van der Waals surface area (Å²) in [5, 5.41) is 10.6. The summed E-state index contributed by atoms with van der Waals surface area (Å²) in [6.07, 6.45) is 2.39. The smallest absolute Gasteiger partial charge is 0.414 e. The molecule has 11 nitrogen and oxygen atoms in total. The number of nitrogens with two attached hydrogens (primary N) is 3. The first kappa shape index (κ1) is 25.8. The largest absolute Gasteiger partial charge is 0.497 e. The van der Waals surface area contributed by atoms with Gasteiger partial charge >= 0.3 is 6.09 Å². The molecule has 0 spiro atoms. The van der Waals surface area contributed by atoms with Gasteiger partial charge in [-0.1, -0.05) is 37.1 Å². The molecule has 2 aromatic rings. The number of halogens is 1. The van der Waals surface area contributed by atoms with E-state index in [1.165, 1.54) is 0 Å². The zero-order valence-corrected chi connectivity index (χ0v) is 19.6. The molecule has 2 rings (SSSR count). The number of nitrogens with one attached hydrogen (secondary N) is 2. The van der Waals surface area contributed by atoms with Crippen molar-refractivity contribution in [1.29, 1.82) is 5.41 Å². The summed E-state index contributed by atoms with van der Waals surface area (Å²) in [7, 11) is 1.63. The van der Waals surface area contributed by atoms with Gasteiger partial charge in [0.15, 0.2) is 22.7 Å². The average Bonchev–Trinajstić information content (AvgIpc) is 2.78. The number of carbonyl (C=O) groups excluding carboxylic acids is 1. The Morgan fingerprint density at radius 1 is 1.24 bits per heavy atom. The fourth-order valence-corrected chi connectivity index (χ4v) is 3.39. The Balaban J connectivity index is 1.94. The molecule has 1 amide bonds. The van der Waals surface area contributed by atoms with Crippen LogP contribution in [0.25, 0.3) is 0 Å². The second-order valence-electron chi connectivity index (χ2n) is 7.33. The van der Waals surface area contributed by atoms with Gasteiger partial charge in [0.1, 0.15) is 5.75 Å². The molecular formula is C21H31ClN8O3. The van der Waals surface area contributed by atoms with Crippen LogP contribution in [0.15, 0.2) is 24.3 Å². The van der Waals surface area contributed by atoms with Crippen LogP contribution in [-0.2, 0) is 6.42 Å². The van der Waals surface area contributed by atoms with E-state index < -0.39 is 6.09 Å². The maximum absolute atomic E-state index is 12.3. The molecule has 0 saturated carbocycles. The Kier molecular flexibility index (Phi) is 9.80. The van der Waals surface area contributed by atoms with E-state index in [0.29, 0.717) is 6.54 Å². The quantitative estimate of drug-likeness (QED) is 0.239. The van der Waals surface area contributed by atoms with E-state index in [0.717, 1.165) is 37.0 Å². The lowest BCUT2D eigenvalue weighted by molar-refractivity contribution is 0.192. The van der Waals surface area contributed by atoms with E-state index in [9.17, 15) is 4.79 Å². The molecule has 1 heterocycles. The number of anilines is 2. The molecule has 33 heavy (non-hydrogen) atoms. The van der Waals surface area contributed by atoms with Crippen molar-refractivity contribution in [3.8, 4) is 11.6 Å². The summed E-state index contributed by atoms with van der Waals surface area (Å²) in [4.78, 5) is 21.6. The Labute approximate surface area is 198 Å². The SMILES string of the molecule is CCC[C@H](CNC(=O)Oc1nc(Cl)c(N)nc1N)N(CCCc1ccc(OC)cc1)C(=N)N. The van der Waals surface area contributed by atoms with Crippen molar-refractivity contribution >= 4 is 35.3 Å². The molecule has 0 fully saturated rings. The molecule has 0 radical (unpaired) electrons. The molecule has 0 bridgehead atoms. The zero-order chi connectivity index (χ0) is 24.4. The fourth-order valence-electron chi connectivity index (χ4n) is 3.27. The minimum atomic E-state index is -0.778. The van der Waals surface area contributed by atoms with E-state index in [2.05, 4.69) is 15.3 Å². The molecule has 1 aromatic heterocycles. The van der Waals surface area contributed by atoms with Crippen molar-refractivity contribution in [3.63, 3.8) is 0 Å². The first-order valence-corrected chi connectivity index (χ1v) is 10.9. The lowest BCUT2D eigenvalue weighted by Gasteiger charge is -2.32. The van der Waals surface area contributed by atoms with Crippen LogP contribution in [0.3, 0.4) is 0 Å². The number of rotatable bonds is 11. The van der Waals surface area contributed by atoms with Gasteiger partial charge in [-0.3, -0.25) is 5.41 Å². The van der Waals surface area contributed by atoms with E-state index in [4.69, 9.17) is 43.7 Å². The molecule has 12 heteroatoms. The maximum atomic E-state index is 12.3. The number of amides is 1. The van der Waals surface area contributed by atoms with Crippen LogP contribution < -0.4 is 32.0 Å². The molecule has 0 aliphatic heterocycles. The highest BCUT2D eigenvalue weighted by molar-refractivity contribution is 6.31. The molecular weight excluding hydrogens is 448 g/mol. The third-order valence-corrected chi connectivity index (χ3v) is 5.22. The topological polar surface area (TPSA) is 178 Å². The third kappa shape index (κ3) is 7.86. The summed E-state index contributed by atoms with van der Waals surface area (Å²) >= 11 is 5.81. The fraction of sp³-hybridized carbons (Fsp3) is 0.429. The second kappa shape index (κ2) is 12.5. The van der Waals surface area contributed by atoms with Gasteiger partial charge in [0.05, 0.1) is 7.11 Å². The summed E-state index contributed by atoms with van der Waals surface area (Å²) in [6, 6.07) is 7.67. The zero-order valence-electron chi connectivity index (χ0n) is 18.8. The van der Waals surface area contributed by atoms with Crippen molar-refractivity contribution in [1.82, 2.24) is 20.2 Å². The molecule has 8 N–H and O–H groups in total. The van der Waals surface area contributed by atoms with Crippen LogP contribution >= 0.6 is 11.6 Å². The molecule has 180 valence electrons. The van der Waals surface area contributed by atoms with Gasteiger partial charge in [-0.25, -0.2) is 9.78 Å². The first-order valence-electron chi connectivity index (χ1n) is 10.5. The van der Waals surface area contributed by atoms with Gasteiger partial charge in [-0.05, 0) is 37.0 Å². The summed E-state index contributed by atoms with van der Waals surface area (Å²) in [5.41, 5.74) is 18.2. The van der Waals surface area contributed by atoms with Crippen LogP contribution in [-0.4, -0.2) is 53.2 Å². The molecule has 1 atom stereocenters. The van der Waals surface area contributed by atoms with Gasteiger partial charge in [-0.2, -0.15) is 4.98 Å². The van der Waals surface area contributed by atoms with Crippen molar-refractivity contribution in [3.05, 3.63) is 35.0 Å². The number of aryl methyl sites for hydroxylation is 1. The highest BCUT2D eigenvalue weighted by Crippen LogP contribution is 2.23. The first-order chi connectivity index (χ1) is 15.7. The van der Waals surface area contributed by atoms with Gasteiger partial charge in [-0.15, -0.1) is 0 Å². The van der Waals surface area contributed by atoms with Crippen LogP contribution in [0.2, 0.25) is 5.15 Å². The van der Waals surface area contributed by atoms with Crippen LogP contribution in [0, 0.1) is 5.41 Å². The van der Waals surface area contributed by atoms with Crippen molar-refractivity contribution in [2.45, 2.75) is 38.6 Å². The molecule has 0 aliphatic carbocycles. The number of hydrogen-bond acceptors (Lipinski definition) is 8. The standard InChI is InChI=1S/C21H31ClN8O3/c1-3-5-14(12-27-21(31)33-19-18(24)29-17(23)16(22)28-19)30(20(25)26)11-4-6-13-7-9-15(32-2)10-8-13/h7-10,14H,3-6,11-12H2,1-2H3,(H3,25,26)(H,27,31)(H4,23,24,29)/t14-/m1/s1. The predicted molar refractivity (Wildman–Crippen MR) is 129 cm³/mol. The number of benzene rings is 1. The maximum Gasteiger partial charge on any atom is 0.414 e. The number of carbonyl (C=O) groups is 1. The van der Waals surface area contributed by atoms with E-state index >= 15 is 0 Å². The van der Waals surface area contributed by atoms with E-state index in [1.807, 2.05) is 31.2 Å². The summed E-state index contributed by atoms with van der Waals surface area (Å²) in [6.45, 7) is 2.80. The molecule has 1 aromatic carbocycles. The van der Waals surface area contributed by atoms with Crippen LogP contribution in [0.5, 0.6) is 11.6 Å². The number of ether oxygens (including phenoxy) is 2. The second-order valence-corrected chi connectivity index (χ2v) is 7.69. The lowest BCUT2D eigenvalue weighted by atomic mass is 10.1. The Bertz CT molecular complexity index is 942. The summed E-state index contributed by atoms with van der Waals surface area (Å²) in [5.74, 6) is 0.303. The van der Waals surface area contributed by atoms with Crippen molar-refractivity contribution in [2.24, 2.45) is 5.73 Å². The van der Waals surface area contributed by atoms with Crippen LogP contribution in [0.4, 0.5) is 16.4 Å². The molecule has 0 aliphatic rings. The van der Waals surface area contributed by atoms with Gasteiger partial charge < -0.3 is 36.9 Å². The number of hydrogen-bond donors (Lipinski definition) is 5. The Morgan fingerprint density at radius 3 is 2.55 bits per heavy atom. The van der Waals surface area contributed by atoms with Crippen molar-refractivity contribution in [2.75, 3.05) is 31.7 Å². The monoisotopic (exact) mass is 478 g/mol. The minimum Gasteiger partial charge on any atom is -0.497 e. The number of aromatic nitrogens is 2. The van der Waals surface area contributed by atoms with Gasteiger partial charge in [0.2, 0.25) is 0 Å². The highest BCUT2D eigenvalue weighted by atomic mass is 35.5. The number of nitrogen functional groups attached to an aromatic ring is 2. The molecule has 0 unspecified atom stereocenters. The van der Waals surface area contributed by atoms with E-state index in [1.54, 1.807) is 12.0 Å². The summed E-state index contributed by atoms with van der Waals surface area (Å²) < 4.78 is 10.3. The molecule has 0 saturated heterocycles. The number of methoxy groups -OCH3 is 1. The normalized spacial score (nSPS) is 11.5. The highest BCUT2D eigenvalue weighted by Gasteiger charge is 2.21. The third-order valence-electron chi connectivity index (χ3n) is 4.94. The van der Waals surface area contributed by atoms with E-state index in [-0.39, 0.29) is 41.2 Å². The Morgan fingerprint density at radius 2 is 1.94 bits per heavy atom. The average molecular weight is 479 g/mol. The number of nitrogens with zero attached hydrogens (tertiary/aromatic N) is 3.